The highest BCUT2D eigenvalue weighted by Gasteiger charge is 1.99. The van der Waals surface area contributed by atoms with Crippen molar-refractivity contribution in [1.29, 1.82) is 0 Å². The Hall–Kier alpha value is -1.56. The van der Waals surface area contributed by atoms with Crippen LogP contribution in [0.4, 0.5) is 5.69 Å². The minimum Gasteiger partial charge on any atom is -0.370 e. The fraction of sp³-hybridized carbons (Fsp3) is 0.133. The number of nitrogens with zero attached hydrogens (tertiary/aromatic N) is 1. The average Bonchev–Trinajstić information content (AvgIpc) is 2.42. The summed E-state index contributed by atoms with van der Waals surface area (Å²) in [6.45, 7) is 2.67. The van der Waals surface area contributed by atoms with Crippen molar-refractivity contribution in [3.63, 3.8) is 0 Å². The number of nitrogens with two attached hydrogens (primary N) is 1. The first-order chi connectivity index (χ1) is 9.15. The summed E-state index contributed by atoms with van der Waals surface area (Å²) in [6, 6.07) is 16.2. The second-order valence-corrected chi connectivity index (χ2v) is 5.44. The average molecular weight is 365 g/mol. The second-order valence-electron chi connectivity index (χ2n) is 4.28. The van der Waals surface area contributed by atoms with Gasteiger partial charge in [-0.05, 0) is 52.8 Å². The maximum absolute atomic E-state index is 5.88. The van der Waals surface area contributed by atoms with E-state index in [4.69, 9.17) is 5.73 Å². The van der Waals surface area contributed by atoms with Crippen LogP contribution in [0.3, 0.4) is 0 Å². The standard InChI is InChI=1S/C15H16IN3/c1-11-7-8-13(9-14(11)16)19-15(17)18-10-12-5-3-2-4-6-12/h2-9H,10H2,1H3,(H3,17,18,19). The van der Waals surface area contributed by atoms with Gasteiger partial charge in [0.1, 0.15) is 0 Å². The van der Waals surface area contributed by atoms with Gasteiger partial charge in [-0.25, -0.2) is 4.99 Å². The van der Waals surface area contributed by atoms with E-state index in [1.807, 2.05) is 36.4 Å². The van der Waals surface area contributed by atoms with Gasteiger partial charge in [-0.3, -0.25) is 0 Å². The zero-order chi connectivity index (χ0) is 13.7. The molecule has 2 aromatic rings. The fourth-order valence-corrected chi connectivity index (χ4v) is 2.13. The van der Waals surface area contributed by atoms with E-state index in [2.05, 4.69) is 52.0 Å². The first-order valence-electron chi connectivity index (χ1n) is 6.02. The van der Waals surface area contributed by atoms with Gasteiger partial charge in [-0.1, -0.05) is 36.4 Å². The summed E-state index contributed by atoms with van der Waals surface area (Å²) in [6.07, 6.45) is 0. The summed E-state index contributed by atoms with van der Waals surface area (Å²) in [4.78, 5) is 4.32. The Morgan fingerprint density at radius 3 is 2.63 bits per heavy atom. The summed E-state index contributed by atoms with van der Waals surface area (Å²) in [5.41, 5.74) is 9.24. The highest BCUT2D eigenvalue weighted by Crippen LogP contribution is 2.16. The van der Waals surface area contributed by atoms with Gasteiger partial charge in [-0.15, -0.1) is 0 Å². The summed E-state index contributed by atoms with van der Waals surface area (Å²) >= 11 is 2.31. The Bertz CT molecular complexity index is 579. The molecule has 0 spiro atoms. The van der Waals surface area contributed by atoms with Crippen molar-refractivity contribution in [2.24, 2.45) is 10.7 Å². The van der Waals surface area contributed by atoms with E-state index in [9.17, 15) is 0 Å². The number of nitrogens with one attached hydrogen (secondary N) is 1. The van der Waals surface area contributed by atoms with E-state index in [1.54, 1.807) is 0 Å². The predicted molar refractivity (Wildman–Crippen MR) is 89.3 cm³/mol. The molecular formula is C15H16IN3. The number of hydrogen-bond acceptors (Lipinski definition) is 1. The molecule has 0 aliphatic carbocycles. The van der Waals surface area contributed by atoms with Gasteiger partial charge in [0.2, 0.25) is 0 Å². The molecule has 0 bridgehead atoms. The van der Waals surface area contributed by atoms with Crippen molar-refractivity contribution >= 4 is 34.2 Å². The predicted octanol–water partition coefficient (Wildman–Crippen LogP) is 3.53. The van der Waals surface area contributed by atoms with E-state index < -0.39 is 0 Å². The van der Waals surface area contributed by atoms with E-state index in [1.165, 1.54) is 9.13 Å². The highest BCUT2D eigenvalue weighted by atomic mass is 127. The van der Waals surface area contributed by atoms with Crippen molar-refractivity contribution < 1.29 is 0 Å². The molecular weight excluding hydrogens is 349 g/mol. The lowest BCUT2D eigenvalue weighted by atomic mass is 10.2. The zero-order valence-corrected chi connectivity index (χ0v) is 12.9. The molecule has 0 amide bonds. The Labute approximate surface area is 127 Å². The molecule has 3 N–H and O–H groups in total. The Morgan fingerprint density at radius 1 is 1.21 bits per heavy atom. The zero-order valence-electron chi connectivity index (χ0n) is 10.7. The van der Waals surface area contributed by atoms with Crippen LogP contribution in [-0.2, 0) is 6.54 Å². The fourth-order valence-electron chi connectivity index (χ4n) is 1.62. The van der Waals surface area contributed by atoms with Crippen molar-refractivity contribution in [3.05, 3.63) is 63.2 Å². The molecule has 98 valence electrons. The van der Waals surface area contributed by atoms with Gasteiger partial charge in [-0.2, -0.15) is 0 Å². The molecule has 0 saturated carbocycles. The van der Waals surface area contributed by atoms with Crippen LogP contribution in [0, 0.1) is 10.5 Å². The van der Waals surface area contributed by atoms with Crippen LogP contribution in [0.1, 0.15) is 11.1 Å². The van der Waals surface area contributed by atoms with Gasteiger partial charge in [0.05, 0.1) is 6.54 Å². The van der Waals surface area contributed by atoms with E-state index in [0.717, 1.165) is 11.3 Å². The van der Waals surface area contributed by atoms with E-state index >= 15 is 0 Å². The maximum Gasteiger partial charge on any atom is 0.193 e. The third-order valence-electron chi connectivity index (χ3n) is 2.72. The molecule has 0 aliphatic rings. The summed E-state index contributed by atoms with van der Waals surface area (Å²) < 4.78 is 1.21. The molecule has 3 nitrogen and oxygen atoms in total. The van der Waals surface area contributed by atoms with Crippen LogP contribution in [0.15, 0.2) is 53.5 Å². The SMILES string of the molecule is Cc1ccc(NC(N)=NCc2ccccc2)cc1I. The largest absolute Gasteiger partial charge is 0.370 e. The van der Waals surface area contributed by atoms with Crippen molar-refractivity contribution in [2.75, 3.05) is 5.32 Å². The van der Waals surface area contributed by atoms with Crippen molar-refractivity contribution in [1.82, 2.24) is 0 Å². The number of aryl methyl sites for hydroxylation is 1. The maximum atomic E-state index is 5.88. The van der Waals surface area contributed by atoms with Crippen LogP contribution in [-0.4, -0.2) is 5.96 Å². The number of benzene rings is 2. The Morgan fingerprint density at radius 2 is 1.95 bits per heavy atom. The lowest BCUT2D eigenvalue weighted by Crippen LogP contribution is -2.22. The minimum absolute atomic E-state index is 0.434. The normalized spacial score (nSPS) is 11.4. The number of guanidine groups is 1. The highest BCUT2D eigenvalue weighted by molar-refractivity contribution is 14.1. The van der Waals surface area contributed by atoms with Crippen LogP contribution in [0.2, 0.25) is 0 Å². The Kier molecular flexibility index (Phi) is 4.79. The van der Waals surface area contributed by atoms with Crippen molar-refractivity contribution in [3.8, 4) is 0 Å². The quantitative estimate of drug-likeness (QED) is 0.497. The molecule has 0 aromatic heterocycles. The van der Waals surface area contributed by atoms with Crippen molar-refractivity contribution in [2.45, 2.75) is 13.5 Å². The molecule has 0 atom stereocenters. The number of halogens is 1. The summed E-state index contributed by atoms with van der Waals surface area (Å²) in [7, 11) is 0. The van der Waals surface area contributed by atoms with Gasteiger partial charge in [0.25, 0.3) is 0 Å². The molecule has 0 saturated heterocycles. The van der Waals surface area contributed by atoms with E-state index in [0.29, 0.717) is 12.5 Å². The number of anilines is 1. The lowest BCUT2D eigenvalue weighted by molar-refractivity contribution is 1.06. The number of rotatable bonds is 3. The topological polar surface area (TPSA) is 50.4 Å². The molecule has 0 aliphatic heterocycles. The van der Waals surface area contributed by atoms with Gasteiger partial charge >= 0.3 is 0 Å². The monoisotopic (exact) mass is 365 g/mol. The number of aliphatic imine (C=N–C) groups is 1. The first-order valence-corrected chi connectivity index (χ1v) is 7.10. The molecule has 2 aromatic carbocycles. The van der Waals surface area contributed by atoms with Crippen LogP contribution in [0.25, 0.3) is 0 Å². The second kappa shape index (κ2) is 6.56. The molecule has 0 heterocycles. The summed E-state index contributed by atoms with van der Waals surface area (Å²) in [5.74, 6) is 0.434. The van der Waals surface area contributed by atoms with Crippen LogP contribution < -0.4 is 11.1 Å². The Balaban J connectivity index is 2.00. The van der Waals surface area contributed by atoms with Crippen LogP contribution >= 0.6 is 22.6 Å². The third kappa shape index (κ3) is 4.24. The van der Waals surface area contributed by atoms with E-state index in [-0.39, 0.29) is 0 Å². The summed E-state index contributed by atoms with van der Waals surface area (Å²) in [5, 5.41) is 3.10. The molecule has 2 rings (SSSR count). The smallest absolute Gasteiger partial charge is 0.193 e. The minimum atomic E-state index is 0.434. The molecule has 0 radical (unpaired) electrons. The third-order valence-corrected chi connectivity index (χ3v) is 3.88. The van der Waals surface area contributed by atoms with Gasteiger partial charge in [0, 0.05) is 9.26 Å². The molecule has 0 unspecified atom stereocenters. The molecule has 0 fully saturated rings. The lowest BCUT2D eigenvalue weighted by Gasteiger charge is -2.07. The van der Waals surface area contributed by atoms with Crippen LogP contribution in [0.5, 0.6) is 0 Å². The number of hydrogen-bond donors (Lipinski definition) is 2. The first kappa shape index (κ1) is 13.9. The van der Waals surface area contributed by atoms with Gasteiger partial charge in [0.15, 0.2) is 5.96 Å². The van der Waals surface area contributed by atoms with Gasteiger partial charge < -0.3 is 11.1 Å². The molecule has 4 heteroatoms. The molecule has 19 heavy (non-hydrogen) atoms.